The van der Waals surface area contributed by atoms with Crippen LogP contribution in [0.1, 0.15) is 38.2 Å². The van der Waals surface area contributed by atoms with Crippen LogP contribution in [0, 0.1) is 10.1 Å². The Morgan fingerprint density at radius 3 is 2.55 bits per heavy atom. The number of hydrogen-bond donors (Lipinski definition) is 1. The van der Waals surface area contributed by atoms with Gasteiger partial charge in [-0.1, -0.05) is 41.7 Å². The average molecular weight is 412 g/mol. The number of esters is 1. The van der Waals surface area contributed by atoms with Crippen LogP contribution in [0.2, 0.25) is 0 Å². The van der Waals surface area contributed by atoms with E-state index in [0.717, 1.165) is 17.7 Å². The number of amides is 1. The summed E-state index contributed by atoms with van der Waals surface area (Å²) < 4.78 is 4.86. The molecule has 3 rings (SSSR count). The van der Waals surface area contributed by atoms with E-state index >= 15 is 0 Å². The molecule has 9 nitrogen and oxygen atoms in total. The van der Waals surface area contributed by atoms with Crippen molar-refractivity contribution in [3.63, 3.8) is 0 Å². The Bertz CT molecular complexity index is 1050. The lowest BCUT2D eigenvalue weighted by Crippen LogP contribution is -2.14. The first-order chi connectivity index (χ1) is 14.0. The third-order valence-electron chi connectivity index (χ3n) is 3.79. The Morgan fingerprint density at radius 1 is 1.14 bits per heavy atom. The van der Waals surface area contributed by atoms with Crippen LogP contribution in [0.5, 0.6) is 0 Å². The number of nitrogens with zero attached hydrogens (tertiary/aromatic N) is 3. The van der Waals surface area contributed by atoms with Gasteiger partial charge in [0.15, 0.2) is 0 Å². The van der Waals surface area contributed by atoms with Gasteiger partial charge >= 0.3 is 5.97 Å². The van der Waals surface area contributed by atoms with Crippen molar-refractivity contribution in [2.45, 2.75) is 13.3 Å². The molecule has 1 heterocycles. The van der Waals surface area contributed by atoms with Crippen molar-refractivity contribution in [3.8, 4) is 0 Å². The van der Waals surface area contributed by atoms with Crippen molar-refractivity contribution in [2.24, 2.45) is 0 Å². The van der Waals surface area contributed by atoms with Crippen LogP contribution in [0.15, 0.2) is 48.5 Å². The molecule has 0 radical (unpaired) electrons. The second-order valence-corrected chi connectivity index (χ2v) is 6.93. The topological polar surface area (TPSA) is 124 Å². The number of ether oxygens (including phenoxy) is 1. The molecule has 0 saturated heterocycles. The molecule has 0 fully saturated rings. The van der Waals surface area contributed by atoms with Crippen molar-refractivity contribution in [1.29, 1.82) is 0 Å². The van der Waals surface area contributed by atoms with Gasteiger partial charge in [0.2, 0.25) is 5.13 Å². The molecule has 0 saturated carbocycles. The number of rotatable bonds is 7. The van der Waals surface area contributed by atoms with E-state index in [4.69, 9.17) is 4.74 Å². The second-order valence-electron chi connectivity index (χ2n) is 5.86. The number of nitrogens with one attached hydrogen (secondary N) is 1. The van der Waals surface area contributed by atoms with Crippen molar-refractivity contribution in [2.75, 3.05) is 11.9 Å². The molecule has 3 aromatic rings. The van der Waals surface area contributed by atoms with Crippen LogP contribution in [-0.2, 0) is 11.2 Å². The van der Waals surface area contributed by atoms with Crippen molar-refractivity contribution >= 4 is 34.0 Å². The smallest absolute Gasteiger partial charge is 0.338 e. The minimum atomic E-state index is -0.744. The summed E-state index contributed by atoms with van der Waals surface area (Å²) in [6, 6.07) is 13.1. The summed E-state index contributed by atoms with van der Waals surface area (Å²) in [4.78, 5) is 34.9. The molecule has 0 atom stereocenters. The molecular formula is C19H16N4O5S. The molecule has 0 spiro atoms. The summed E-state index contributed by atoms with van der Waals surface area (Å²) in [6.07, 6.45) is 0.568. The summed E-state index contributed by atoms with van der Waals surface area (Å²) in [5.41, 5.74) is 0.539. The lowest BCUT2D eigenvalue weighted by Gasteiger charge is -2.05. The third kappa shape index (κ3) is 5.20. The minimum Gasteiger partial charge on any atom is -0.462 e. The van der Waals surface area contributed by atoms with E-state index in [9.17, 15) is 19.7 Å². The fourth-order valence-corrected chi connectivity index (χ4v) is 3.26. The zero-order valence-corrected chi connectivity index (χ0v) is 16.1. The minimum absolute atomic E-state index is 0.0536. The molecule has 1 amide bonds. The number of hydrogen-bond acceptors (Lipinski definition) is 8. The number of carbonyl (C=O) groups excluding carboxylic acids is 2. The fourth-order valence-electron chi connectivity index (χ4n) is 2.50. The summed E-state index contributed by atoms with van der Waals surface area (Å²) in [6.45, 7) is 1.73. The summed E-state index contributed by atoms with van der Waals surface area (Å²) in [7, 11) is 0. The maximum absolute atomic E-state index is 12.5. The fraction of sp³-hybridized carbons (Fsp3) is 0.158. The van der Waals surface area contributed by atoms with Gasteiger partial charge in [0.25, 0.3) is 11.6 Å². The van der Waals surface area contributed by atoms with Gasteiger partial charge in [0.1, 0.15) is 5.01 Å². The highest BCUT2D eigenvalue weighted by atomic mass is 32.1. The largest absolute Gasteiger partial charge is 0.462 e. The monoisotopic (exact) mass is 412 g/mol. The molecule has 0 bridgehead atoms. The van der Waals surface area contributed by atoms with Gasteiger partial charge in [-0.05, 0) is 18.6 Å². The molecule has 148 valence electrons. The van der Waals surface area contributed by atoms with Crippen molar-refractivity contribution < 1.29 is 19.2 Å². The van der Waals surface area contributed by atoms with Gasteiger partial charge in [-0.3, -0.25) is 20.2 Å². The van der Waals surface area contributed by atoms with Crippen LogP contribution < -0.4 is 5.32 Å². The standard InChI is InChI=1S/C19H16N4O5S/c1-2-28-18(25)14-9-13(10-15(11-14)23(26)27)17(24)20-19-22-21-16(29-19)8-12-6-4-3-5-7-12/h3-7,9-11H,2,8H2,1H3,(H,20,22,24). The Kier molecular flexibility index (Phi) is 6.25. The van der Waals surface area contributed by atoms with E-state index in [1.165, 1.54) is 17.4 Å². The predicted octanol–water partition coefficient (Wildman–Crippen LogP) is 3.47. The molecule has 1 aromatic heterocycles. The average Bonchev–Trinajstić information content (AvgIpc) is 3.15. The second kappa shape index (κ2) is 9.02. The van der Waals surface area contributed by atoms with E-state index in [-0.39, 0.29) is 28.6 Å². The molecule has 0 aliphatic carbocycles. The Labute approximate surface area is 169 Å². The first kappa shape index (κ1) is 20.1. The number of nitro benzene ring substituents is 1. The van der Waals surface area contributed by atoms with Crippen LogP contribution >= 0.6 is 11.3 Å². The van der Waals surface area contributed by atoms with Crippen LogP contribution in [0.3, 0.4) is 0 Å². The highest BCUT2D eigenvalue weighted by Gasteiger charge is 2.19. The normalized spacial score (nSPS) is 10.4. The van der Waals surface area contributed by atoms with Crippen molar-refractivity contribution in [1.82, 2.24) is 10.2 Å². The number of carbonyl (C=O) groups is 2. The van der Waals surface area contributed by atoms with Crippen molar-refractivity contribution in [3.05, 3.63) is 80.3 Å². The maximum Gasteiger partial charge on any atom is 0.338 e. The Morgan fingerprint density at radius 2 is 1.86 bits per heavy atom. The predicted molar refractivity (Wildman–Crippen MR) is 106 cm³/mol. The molecule has 0 aliphatic rings. The maximum atomic E-state index is 12.5. The van der Waals surface area contributed by atoms with Gasteiger partial charge in [0.05, 0.1) is 17.1 Å². The Balaban J connectivity index is 1.78. The van der Waals surface area contributed by atoms with Gasteiger partial charge in [0, 0.05) is 24.1 Å². The SMILES string of the molecule is CCOC(=O)c1cc(C(=O)Nc2nnc(Cc3ccccc3)s2)cc([N+](=O)[O-])c1. The van der Waals surface area contributed by atoms with Crippen LogP contribution in [0.4, 0.5) is 10.8 Å². The molecule has 10 heteroatoms. The van der Waals surface area contributed by atoms with Crippen LogP contribution in [-0.4, -0.2) is 33.6 Å². The summed E-state index contributed by atoms with van der Waals surface area (Å²) in [5, 5.41) is 22.6. The molecule has 29 heavy (non-hydrogen) atoms. The van der Waals surface area contributed by atoms with Gasteiger partial charge < -0.3 is 4.74 Å². The van der Waals surface area contributed by atoms with E-state index < -0.39 is 16.8 Å². The highest BCUT2D eigenvalue weighted by molar-refractivity contribution is 7.15. The lowest BCUT2D eigenvalue weighted by molar-refractivity contribution is -0.384. The van der Waals surface area contributed by atoms with E-state index in [2.05, 4.69) is 15.5 Å². The molecule has 1 N–H and O–H groups in total. The number of nitro groups is 1. The quantitative estimate of drug-likeness (QED) is 0.358. The van der Waals surface area contributed by atoms with Gasteiger partial charge in [-0.15, -0.1) is 10.2 Å². The zero-order valence-electron chi connectivity index (χ0n) is 15.3. The molecule has 0 unspecified atom stereocenters. The van der Waals surface area contributed by atoms with Gasteiger partial charge in [-0.2, -0.15) is 0 Å². The first-order valence-corrected chi connectivity index (χ1v) is 9.42. The van der Waals surface area contributed by atoms with Crippen LogP contribution in [0.25, 0.3) is 0 Å². The Hall–Kier alpha value is -3.66. The number of non-ortho nitro benzene ring substituents is 1. The number of benzene rings is 2. The summed E-state index contributed by atoms with van der Waals surface area (Å²) >= 11 is 1.20. The van der Waals surface area contributed by atoms with E-state index in [1.54, 1.807) is 6.92 Å². The number of aromatic nitrogens is 2. The molecule has 2 aromatic carbocycles. The summed E-state index contributed by atoms with van der Waals surface area (Å²) in [5.74, 6) is -1.38. The molecular weight excluding hydrogens is 396 g/mol. The highest BCUT2D eigenvalue weighted by Crippen LogP contribution is 2.22. The lowest BCUT2D eigenvalue weighted by atomic mass is 10.1. The van der Waals surface area contributed by atoms with E-state index in [1.807, 2.05) is 30.3 Å². The number of anilines is 1. The molecule has 0 aliphatic heterocycles. The zero-order chi connectivity index (χ0) is 20.8. The third-order valence-corrected chi connectivity index (χ3v) is 4.63. The first-order valence-electron chi connectivity index (χ1n) is 8.60. The van der Waals surface area contributed by atoms with Gasteiger partial charge in [-0.25, -0.2) is 4.79 Å². The van der Waals surface area contributed by atoms with E-state index in [0.29, 0.717) is 11.4 Å².